The quantitative estimate of drug-likeness (QED) is 0.130. The Hall–Kier alpha value is -5.04. The number of rotatable bonds is 8. The van der Waals surface area contributed by atoms with Crippen molar-refractivity contribution in [3.63, 3.8) is 0 Å². The van der Waals surface area contributed by atoms with E-state index in [2.05, 4.69) is 15.8 Å². The zero-order valence-electron chi connectivity index (χ0n) is 19.3. The minimum atomic E-state index is -0.488. The van der Waals surface area contributed by atoms with Crippen LogP contribution in [0, 0.1) is 0 Å². The summed E-state index contributed by atoms with van der Waals surface area (Å²) in [6.07, 6.45) is 4.49. The molecule has 4 rings (SSSR count). The third-order valence-electron chi connectivity index (χ3n) is 5.16. The number of hydrogen-bond donors (Lipinski definition) is 2. The Morgan fingerprint density at radius 1 is 0.778 bits per heavy atom. The summed E-state index contributed by atoms with van der Waals surface area (Å²) >= 11 is 0. The van der Waals surface area contributed by atoms with Gasteiger partial charge in [0.25, 0.3) is 11.8 Å². The Morgan fingerprint density at radius 2 is 1.50 bits per heavy atom. The fraction of sp³-hybridized carbons (Fsp3) is 0.0345. The average molecular weight is 478 g/mol. The van der Waals surface area contributed by atoms with Crippen molar-refractivity contribution in [1.82, 2.24) is 10.7 Å². The molecule has 0 aliphatic heterocycles. The van der Waals surface area contributed by atoms with Gasteiger partial charge in [0.1, 0.15) is 5.75 Å². The lowest BCUT2D eigenvalue weighted by molar-refractivity contribution is -0.129. The lowest BCUT2D eigenvalue weighted by Gasteiger charge is -2.07. The summed E-state index contributed by atoms with van der Waals surface area (Å²) < 4.78 is 5.27. The highest BCUT2D eigenvalue weighted by molar-refractivity contribution is 6.07. The van der Waals surface area contributed by atoms with E-state index in [0.29, 0.717) is 16.9 Å². The maximum atomic E-state index is 12.5. The van der Waals surface area contributed by atoms with Crippen LogP contribution in [-0.4, -0.2) is 30.5 Å². The van der Waals surface area contributed by atoms with Crippen molar-refractivity contribution in [3.05, 3.63) is 120 Å². The molecule has 0 fully saturated rings. The molecule has 0 atom stereocenters. The van der Waals surface area contributed by atoms with Crippen molar-refractivity contribution in [1.29, 1.82) is 0 Å². The molecule has 0 aliphatic carbocycles. The molecular weight excluding hydrogens is 454 g/mol. The fourth-order valence-electron chi connectivity index (χ4n) is 3.40. The van der Waals surface area contributed by atoms with Crippen molar-refractivity contribution in [3.8, 4) is 5.75 Å². The third-order valence-corrected chi connectivity index (χ3v) is 5.16. The van der Waals surface area contributed by atoms with Crippen molar-refractivity contribution in [2.75, 3.05) is 6.54 Å². The van der Waals surface area contributed by atoms with Crippen molar-refractivity contribution in [2.24, 2.45) is 5.10 Å². The molecule has 2 N–H and O–H groups in total. The Morgan fingerprint density at radius 3 is 2.31 bits per heavy atom. The van der Waals surface area contributed by atoms with Crippen LogP contribution in [0.4, 0.5) is 0 Å². The number of carbonyl (C=O) groups excluding carboxylic acids is 3. The van der Waals surface area contributed by atoms with Gasteiger partial charge in [0.05, 0.1) is 12.8 Å². The predicted molar refractivity (Wildman–Crippen MR) is 140 cm³/mol. The highest BCUT2D eigenvalue weighted by Gasteiger charge is 2.10. The molecule has 178 valence electrons. The summed E-state index contributed by atoms with van der Waals surface area (Å²) in [7, 11) is 0. The molecule has 0 unspecified atom stereocenters. The summed E-state index contributed by atoms with van der Waals surface area (Å²) in [4.78, 5) is 36.5. The van der Waals surface area contributed by atoms with Gasteiger partial charge in [-0.25, -0.2) is 10.2 Å². The molecule has 0 spiro atoms. The number of benzene rings is 4. The molecule has 0 saturated carbocycles. The van der Waals surface area contributed by atoms with Gasteiger partial charge in [0, 0.05) is 11.6 Å². The van der Waals surface area contributed by atoms with E-state index >= 15 is 0 Å². The highest BCUT2D eigenvalue weighted by Crippen LogP contribution is 2.18. The molecule has 4 aromatic rings. The zero-order valence-corrected chi connectivity index (χ0v) is 19.3. The van der Waals surface area contributed by atoms with Crippen LogP contribution in [0.25, 0.3) is 16.8 Å². The topological polar surface area (TPSA) is 96.9 Å². The van der Waals surface area contributed by atoms with E-state index in [0.717, 1.165) is 16.3 Å². The molecule has 0 aliphatic rings. The van der Waals surface area contributed by atoms with Crippen LogP contribution < -0.4 is 15.5 Å². The molecule has 7 heteroatoms. The molecule has 0 heterocycles. The summed E-state index contributed by atoms with van der Waals surface area (Å²) in [6.45, 7) is -0.217. The molecule has 0 saturated heterocycles. The summed E-state index contributed by atoms with van der Waals surface area (Å²) in [5.41, 5.74) is 4.47. The normalized spacial score (nSPS) is 11.0. The first-order valence-corrected chi connectivity index (χ1v) is 11.2. The van der Waals surface area contributed by atoms with Crippen LogP contribution in [0.5, 0.6) is 5.75 Å². The van der Waals surface area contributed by atoms with Crippen LogP contribution >= 0.6 is 0 Å². The van der Waals surface area contributed by atoms with E-state index in [-0.39, 0.29) is 12.5 Å². The number of fused-ring (bicyclic) bond motifs is 1. The van der Waals surface area contributed by atoms with Crippen molar-refractivity contribution >= 4 is 40.8 Å². The Labute approximate surface area is 208 Å². The molecule has 0 bridgehead atoms. The first-order valence-electron chi connectivity index (χ1n) is 11.2. The zero-order chi connectivity index (χ0) is 25.2. The predicted octanol–water partition coefficient (Wildman–Crippen LogP) is 4.34. The molecule has 0 radical (unpaired) electrons. The maximum Gasteiger partial charge on any atom is 0.336 e. The second-order valence-electron chi connectivity index (χ2n) is 7.74. The third kappa shape index (κ3) is 6.74. The monoisotopic (exact) mass is 477 g/mol. The second kappa shape index (κ2) is 11.9. The molecule has 2 amide bonds. The van der Waals surface area contributed by atoms with Crippen LogP contribution in [0.15, 0.2) is 108 Å². The van der Waals surface area contributed by atoms with Crippen LogP contribution in [0.3, 0.4) is 0 Å². The van der Waals surface area contributed by atoms with Gasteiger partial charge in [0.15, 0.2) is 0 Å². The van der Waals surface area contributed by atoms with Crippen LogP contribution in [-0.2, 0) is 9.59 Å². The Bertz CT molecular complexity index is 1420. The van der Waals surface area contributed by atoms with Crippen LogP contribution in [0.1, 0.15) is 21.5 Å². The summed E-state index contributed by atoms with van der Waals surface area (Å²) in [5, 5.41) is 8.27. The molecule has 36 heavy (non-hydrogen) atoms. The number of hydrazone groups is 1. The Balaban J connectivity index is 1.23. The van der Waals surface area contributed by atoms with Gasteiger partial charge in [-0.05, 0) is 58.3 Å². The number of carbonyl (C=O) groups is 3. The van der Waals surface area contributed by atoms with E-state index in [1.165, 1.54) is 12.3 Å². The van der Waals surface area contributed by atoms with Gasteiger partial charge in [-0.15, -0.1) is 0 Å². The summed E-state index contributed by atoms with van der Waals surface area (Å²) in [5.74, 6) is -0.904. The lowest BCUT2D eigenvalue weighted by Crippen LogP contribution is -2.35. The fourth-order valence-corrected chi connectivity index (χ4v) is 3.40. The van der Waals surface area contributed by atoms with Gasteiger partial charge in [-0.3, -0.25) is 9.59 Å². The number of nitrogens with zero attached hydrogens (tertiary/aromatic N) is 1. The highest BCUT2D eigenvalue weighted by atomic mass is 16.5. The molecule has 0 aromatic heterocycles. The number of nitrogens with one attached hydrogen (secondary N) is 2. The smallest absolute Gasteiger partial charge is 0.336 e. The summed E-state index contributed by atoms with van der Waals surface area (Å²) in [6, 6.07) is 29.1. The van der Waals surface area contributed by atoms with E-state index in [9.17, 15) is 14.4 Å². The number of ether oxygens (including phenoxy) is 1. The maximum absolute atomic E-state index is 12.5. The second-order valence-corrected chi connectivity index (χ2v) is 7.74. The van der Waals surface area contributed by atoms with E-state index in [1.54, 1.807) is 42.5 Å². The standard InChI is InChI=1S/C29H23N3O4/c33-27(20-30-29(35)26-12-6-10-23-9-4-5-11-25(23)26)32-31-19-22-13-16-24(17-14-22)36-28(34)18-15-21-7-2-1-3-8-21/h1-19H,20H2,(H,30,35)(H,32,33)/b18-15+,31-19+. The Kier molecular flexibility index (Phi) is 7.96. The number of amides is 2. The van der Waals surface area contributed by atoms with Gasteiger partial charge in [-0.1, -0.05) is 66.7 Å². The van der Waals surface area contributed by atoms with Gasteiger partial charge >= 0.3 is 5.97 Å². The van der Waals surface area contributed by atoms with Crippen molar-refractivity contribution < 1.29 is 19.1 Å². The number of hydrogen-bond acceptors (Lipinski definition) is 5. The minimum absolute atomic E-state index is 0.217. The first-order chi connectivity index (χ1) is 17.6. The van der Waals surface area contributed by atoms with Crippen LogP contribution in [0.2, 0.25) is 0 Å². The largest absolute Gasteiger partial charge is 0.423 e. The van der Waals surface area contributed by atoms with E-state index in [4.69, 9.17) is 4.74 Å². The molecular formula is C29H23N3O4. The van der Waals surface area contributed by atoms with E-state index < -0.39 is 11.9 Å². The lowest BCUT2D eigenvalue weighted by atomic mass is 10.0. The van der Waals surface area contributed by atoms with Gasteiger partial charge in [0.2, 0.25) is 0 Å². The van der Waals surface area contributed by atoms with Gasteiger partial charge in [-0.2, -0.15) is 5.10 Å². The van der Waals surface area contributed by atoms with E-state index in [1.807, 2.05) is 60.7 Å². The molecule has 4 aromatic carbocycles. The first kappa shape index (κ1) is 24.1. The molecule has 7 nitrogen and oxygen atoms in total. The number of esters is 1. The van der Waals surface area contributed by atoms with Gasteiger partial charge < -0.3 is 10.1 Å². The van der Waals surface area contributed by atoms with Crippen molar-refractivity contribution in [2.45, 2.75) is 0 Å². The SMILES string of the molecule is O=C(CNC(=O)c1cccc2ccccc12)N/N=C/c1ccc(OC(=O)/C=C/c2ccccc2)cc1. The average Bonchev–Trinajstić information content (AvgIpc) is 2.92. The minimum Gasteiger partial charge on any atom is -0.423 e.